The van der Waals surface area contributed by atoms with Crippen LogP contribution in [0, 0.1) is 0 Å². The van der Waals surface area contributed by atoms with Gasteiger partial charge in [0.05, 0.1) is 13.1 Å². The van der Waals surface area contributed by atoms with Gasteiger partial charge in [0.25, 0.3) is 5.91 Å². The minimum absolute atomic E-state index is 0.0750. The smallest absolute Gasteiger partial charge is 0.255 e. The molecule has 5 heteroatoms. The van der Waals surface area contributed by atoms with Crippen LogP contribution in [0.5, 0.6) is 5.75 Å². The lowest BCUT2D eigenvalue weighted by atomic mass is 10.1. The summed E-state index contributed by atoms with van der Waals surface area (Å²) < 4.78 is 5.49. The maximum absolute atomic E-state index is 12.0. The number of hydrogen-bond donors (Lipinski definition) is 1. The molecular weight excluding hydrogens is 232 g/mol. The summed E-state index contributed by atoms with van der Waals surface area (Å²) in [5.41, 5.74) is 6.47. The Kier molecular flexibility index (Phi) is 3.32. The number of rotatable bonds is 5. The normalized spacial score (nSPS) is 13.3. The van der Waals surface area contributed by atoms with E-state index in [1.807, 2.05) is 0 Å². The molecule has 1 aliphatic rings. The lowest BCUT2D eigenvalue weighted by Gasteiger charge is -2.12. The summed E-state index contributed by atoms with van der Waals surface area (Å²) in [5.74, 6) is -0.0645. The van der Waals surface area contributed by atoms with E-state index in [2.05, 4.69) is 6.58 Å². The third-order valence-corrected chi connectivity index (χ3v) is 2.70. The third kappa shape index (κ3) is 2.20. The highest BCUT2D eigenvalue weighted by Crippen LogP contribution is 2.30. The Morgan fingerprint density at radius 3 is 3.00 bits per heavy atom. The standard InChI is InChI=1S/C13H14N2O3/c1-2-6-18-11-5-3-4-9-10(11)7-15(13(9)17)8-12(14)16/h2-5H,1,6-8H2,(H2,14,16). The fraction of sp³-hybridized carbons (Fsp3) is 0.231. The van der Waals surface area contributed by atoms with Crippen LogP contribution in [0.4, 0.5) is 0 Å². The highest BCUT2D eigenvalue weighted by atomic mass is 16.5. The van der Waals surface area contributed by atoms with Crippen LogP contribution >= 0.6 is 0 Å². The lowest BCUT2D eigenvalue weighted by Crippen LogP contribution is -2.33. The van der Waals surface area contributed by atoms with E-state index in [-0.39, 0.29) is 12.5 Å². The molecular formula is C13H14N2O3. The van der Waals surface area contributed by atoms with Gasteiger partial charge in [-0.3, -0.25) is 9.59 Å². The van der Waals surface area contributed by atoms with Crippen molar-refractivity contribution in [2.75, 3.05) is 13.2 Å². The van der Waals surface area contributed by atoms with Crippen LogP contribution < -0.4 is 10.5 Å². The van der Waals surface area contributed by atoms with E-state index in [9.17, 15) is 9.59 Å². The Balaban J connectivity index is 2.26. The molecule has 2 amide bonds. The first kappa shape index (κ1) is 12.2. The van der Waals surface area contributed by atoms with E-state index in [1.165, 1.54) is 4.90 Å². The van der Waals surface area contributed by atoms with Crippen LogP contribution in [0.25, 0.3) is 0 Å². The van der Waals surface area contributed by atoms with Crippen molar-refractivity contribution >= 4 is 11.8 Å². The second kappa shape index (κ2) is 4.91. The minimum atomic E-state index is -0.523. The number of primary amides is 1. The molecule has 0 fully saturated rings. The van der Waals surface area contributed by atoms with Gasteiger partial charge in [-0.15, -0.1) is 0 Å². The summed E-state index contributed by atoms with van der Waals surface area (Å²) in [6.45, 7) is 4.23. The number of benzene rings is 1. The molecule has 0 saturated heterocycles. The van der Waals surface area contributed by atoms with Gasteiger partial charge < -0.3 is 15.4 Å². The molecule has 0 radical (unpaired) electrons. The quantitative estimate of drug-likeness (QED) is 0.777. The zero-order chi connectivity index (χ0) is 13.1. The van der Waals surface area contributed by atoms with Gasteiger partial charge in [-0.2, -0.15) is 0 Å². The maximum Gasteiger partial charge on any atom is 0.255 e. The second-order valence-electron chi connectivity index (χ2n) is 4.01. The molecule has 1 aliphatic heterocycles. The fourth-order valence-electron chi connectivity index (χ4n) is 1.96. The second-order valence-corrected chi connectivity index (χ2v) is 4.01. The van der Waals surface area contributed by atoms with Crippen LogP contribution in [-0.2, 0) is 11.3 Å². The Bertz CT molecular complexity index is 511. The van der Waals surface area contributed by atoms with E-state index in [4.69, 9.17) is 10.5 Å². The van der Waals surface area contributed by atoms with Crippen molar-refractivity contribution in [3.05, 3.63) is 42.0 Å². The Labute approximate surface area is 105 Å². The fourth-order valence-corrected chi connectivity index (χ4v) is 1.96. The van der Waals surface area contributed by atoms with E-state index in [0.717, 1.165) is 5.56 Å². The van der Waals surface area contributed by atoms with Crippen molar-refractivity contribution < 1.29 is 14.3 Å². The number of ether oxygens (including phenoxy) is 1. The van der Waals surface area contributed by atoms with Crippen molar-refractivity contribution in [1.82, 2.24) is 4.90 Å². The van der Waals surface area contributed by atoms with E-state index in [1.54, 1.807) is 24.3 Å². The first-order chi connectivity index (χ1) is 8.63. The Morgan fingerprint density at radius 1 is 1.56 bits per heavy atom. The molecule has 1 aromatic carbocycles. The molecule has 1 aromatic rings. The summed E-state index contributed by atoms with van der Waals surface area (Å²) in [6.07, 6.45) is 1.64. The van der Waals surface area contributed by atoms with Crippen LogP contribution in [0.1, 0.15) is 15.9 Å². The number of hydrogen-bond acceptors (Lipinski definition) is 3. The van der Waals surface area contributed by atoms with Gasteiger partial charge >= 0.3 is 0 Å². The molecule has 0 atom stereocenters. The molecule has 1 heterocycles. The summed E-state index contributed by atoms with van der Waals surface area (Å²) >= 11 is 0. The maximum atomic E-state index is 12.0. The summed E-state index contributed by atoms with van der Waals surface area (Å²) in [6, 6.07) is 5.27. The molecule has 0 bridgehead atoms. The third-order valence-electron chi connectivity index (χ3n) is 2.70. The number of nitrogens with two attached hydrogens (primary N) is 1. The number of carbonyl (C=O) groups is 2. The first-order valence-corrected chi connectivity index (χ1v) is 5.56. The number of carbonyl (C=O) groups excluding carboxylic acids is 2. The highest BCUT2D eigenvalue weighted by molar-refractivity contribution is 6.00. The monoisotopic (exact) mass is 246 g/mol. The predicted octanol–water partition coefficient (Wildman–Crippen LogP) is 0.693. The molecule has 94 valence electrons. The van der Waals surface area contributed by atoms with Gasteiger partial charge in [0.15, 0.2) is 0 Å². The lowest BCUT2D eigenvalue weighted by molar-refractivity contribution is -0.118. The van der Waals surface area contributed by atoms with Gasteiger partial charge in [0.1, 0.15) is 12.4 Å². The summed E-state index contributed by atoms with van der Waals surface area (Å²) in [5, 5.41) is 0. The molecule has 2 rings (SSSR count). The van der Waals surface area contributed by atoms with Crippen molar-refractivity contribution in [2.24, 2.45) is 5.73 Å². The van der Waals surface area contributed by atoms with Gasteiger partial charge in [-0.1, -0.05) is 18.7 Å². The molecule has 2 N–H and O–H groups in total. The molecule has 0 unspecified atom stereocenters. The average molecular weight is 246 g/mol. The topological polar surface area (TPSA) is 72.6 Å². The van der Waals surface area contributed by atoms with E-state index < -0.39 is 5.91 Å². The average Bonchev–Trinajstić information content (AvgIpc) is 2.64. The van der Waals surface area contributed by atoms with Crippen LogP contribution in [-0.4, -0.2) is 29.9 Å². The van der Waals surface area contributed by atoms with E-state index in [0.29, 0.717) is 24.5 Å². The number of fused-ring (bicyclic) bond motifs is 1. The highest BCUT2D eigenvalue weighted by Gasteiger charge is 2.30. The summed E-state index contributed by atoms with van der Waals surface area (Å²) in [4.78, 5) is 24.3. The van der Waals surface area contributed by atoms with Crippen molar-refractivity contribution in [1.29, 1.82) is 0 Å². The van der Waals surface area contributed by atoms with E-state index >= 15 is 0 Å². The molecule has 0 aliphatic carbocycles. The Hall–Kier alpha value is -2.30. The van der Waals surface area contributed by atoms with Crippen molar-refractivity contribution in [3.8, 4) is 5.75 Å². The van der Waals surface area contributed by atoms with Crippen LogP contribution in [0.15, 0.2) is 30.9 Å². The van der Waals surface area contributed by atoms with Gasteiger partial charge in [-0.05, 0) is 12.1 Å². The molecule has 0 aromatic heterocycles. The molecule has 5 nitrogen and oxygen atoms in total. The molecule has 0 spiro atoms. The zero-order valence-electron chi connectivity index (χ0n) is 9.89. The predicted molar refractivity (Wildman–Crippen MR) is 66.1 cm³/mol. The Morgan fingerprint density at radius 2 is 2.33 bits per heavy atom. The SMILES string of the molecule is C=CCOc1cccc2c1CN(CC(N)=O)C2=O. The minimum Gasteiger partial charge on any atom is -0.489 e. The zero-order valence-corrected chi connectivity index (χ0v) is 9.89. The van der Waals surface area contributed by atoms with Crippen molar-refractivity contribution in [2.45, 2.75) is 6.54 Å². The van der Waals surface area contributed by atoms with Crippen LogP contribution in [0.2, 0.25) is 0 Å². The van der Waals surface area contributed by atoms with Gasteiger partial charge in [0.2, 0.25) is 5.91 Å². The molecule has 18 heavy (non-hydrogen) atoms. The largest absolute Gasteiger partial charge is 0.489 e. The summed E-state index contributed by atoms with van der Waals surface area (Å²) in [7, 11) is 0. The molecule has 0 saturated carbocycles. The van der Waals surface area contributed by atoms with Gasteiger partial charge in [-0.25, -0.2) is 0 Å². The van der Waals surface area contributed by atoms with Crippen LogP contribution in [0.3, 0.4) is 0 Å². The number of amides is 2. The number of nitrogens with zero attached hydrogens (tertiary/aromatic N) is 1. The van der Waals surface area contributed by atoms with Gasteiger partial charge in [0, 0.05) is 11.1 Å². The van der Waals surface area contributed by atoms with Crippen molar-refractivity contribution in [3.63, 3.8) is 0 Å². The first-order valence-electron chi connectivity index (χ1n) is 5.56.